The van der Waals surface area contributed by atoms with Crippen LogP contribution in [0.4, 0.5) is 0 Å². The molecule has 2 nitrogen and oxygen atoms in total. The lowest BCUT2D eigenvalue weighted by atomic mass is 10.1. The van der Waals surface area contributed by atoms with Crippen LogP contribution in [0.5, 0.6) is 0 Å². The molecule has 1 aromatic heterocycles. The molecular weight excluding hydrogens is 216 g/mol. The molecule has 0 radical (unpaired) electrons. The van der Waals surface area contributed by atoms with Crippen molar-refractivity contribution in [3.63, 3.8) is 0 Å². The molecule has 0 unspecified atom stereocenters. The van der Waals surface area contributed by atoms with E-state index in [1.807, 2.05) is 0 Å². The number of pyridine rings is 1. The molecule has 1 rings (SSSR count). The van der Waals surface area contributed by atoms with E-state index in [4.69, 9.17) is 5.73 Å². The summed E-state index contributed by atoms with van der Waals surface area (Å²) in [5, 5.41) is 0. The molecule has 1 heterocycles. The second-order valence-corrected chi connectivity index (χ2v) is 4.57. The van der Waals surface area contributed by atoms with Crippen molar-refractivity contribution >= 4 is 12.6 Å². The molecule has 0 fully saturated rings. The average molecular weight is 239 g/mol. The van der Waals surface area contributed by atoms with E-state index in [2.05, 4.69) is 41.7 Å². The number of hydrogen-bond donors (Lipinski definition) is 2. The van der Waals surface area contributed by atoms with E-state index in [1.165, 1.54) is 31.2 Å². The molecule has 3 heteroatoms. The van der Waals surface area contributed by atoms with Gasteiger partial charge in [-0.2, -0.15) is 12.6 Å². The predicted molar refractivity (Wildman–Crippen MR) is 71.7 cm³/mol. The van der Waals surface area contributed by atoms with Crippen LogP contribution >= 0.6 is 12.6 Å². The topological polar surface area (TPSA) is 29.9 Å². The number of nitrogens with zero attached hydrogens (tertiary/aromatic N) is 1. The summed E-state index contributed by atoms with van der Waals surface area (Å²) in [7, 11) is 0. The van der Waals surface area contributed by atoms with Gasteiger partial charge in [-0.1, -0.05) is 12.8 Å². The van der Waals surface area contributed by atoms with Gasteiger partial charge >= 0.3 is 0 Å². The van der Waals surface area contributed by atoms with Crippen molar-refractivity contribution in [3.05, 3.63) is 30.1 Å². The fraction of sp³-hybridized carbons (Fsp3) is 0.615. The Morgan fingerprint density at radius 2 is 1.75 bits per heavy atom. The molecule has 0 saturated carbocycles. The second kappa shape index (κ2) is 8.59. The van der Waals surface area contributed by atoms with Gasteiger partial charge < -0.3 is 5.73 Å². The molecular formula is C13H23N2S+. The Kier molecular flexibility index (Phi) is 7.26. The first-order valence-corrected chi connectivity index (χ1v) is 6.79. The largest absolute Gasteiger partial charge is 0.330 e. The van der Waals surface area contributed by atoms with Gasteiger partial charge in [0.25, 0.3) is 0 Å². The van der Waals surface area contributed by atoms with E-state index >= 15 is 0 Å². The van der Waals surface area contributed by atoms with Crippen LogP contribution in [0.15, 0.2) is 24.5 Å². The summed E-state index contributed by atoms with van der Waals surface area (Å²) in [5.74, 6) is 0.892. The van der Waals surface area contributed by atoms with Crippen molar-refractivity contribution in [1.82, 2.24) is 0 Å². The highest BCUT2D eigenvalue weighted by molar-refractivity contribution is 7.80. The number of hydrogen-bond acceptors (Lipinski definition) is 2. The summed E-state index contributed by atoms with van der Waals surface area (Å²) in [6, 6.07) is 4.43. The first kappa shape index (κ1) is 13.5. The van der Waals surface area contributed by atoms with Crippen molar-refractivity contribution in [2.24, 2.45) is 5.73 Å². The summed E-state index contributed by atoms with van der Waals surface area (Å²) >= 11 is 4.22. The van der Waals surface area contributed by atoms with Gasteiger partial charge in [-0.25, -0.2) is 4.57 Å². The maximum absolute atomic E-state index is 5.46. The summed E-state index contributed by atoms with van der Waals surface area (Å²) in [6.45, 7) is 1.81. The van der Waals surface area contributed by atoms with Crippen LogP contribution in [0.1, 0.15) is 31.2 Å². The average Bonchev–Trinajstić information content (AvgIpc) is 2.31. The molecule has 90 valence electrons. The molecule has 0 amide bonds. The van der Waals surface area contributed by atoms with Gasteiger partial charge in [0.15, 0.2) is 18.9 Å². The first-order valence-electron chi connectivity index (χ1n) is 6.15. The third-order valence-corrected chi connectivity index (χ3v) is 2.94. The van der Waals surface area contributed by atoms with Crippen molar-refractivity contribution in [2.75, 3.05) is 12.3 Å². The smallest absolute Gasteiger partial charge is 0.169 e. The lowest BCUT2D eigenvalue weighted by Gasteiger charge is -2.01. The molecule has 1 aromatic rings. The lowest BCUT2D eigenvalue weighted by molar-refractivity contribution is -0.692. The van der Waals surface area contributed by atoms with E-state index in [0.29, 0.717) is 0 Å². The van der Waals surface area contributed by atoms with Crippen molar-refractivity contribution in [3.8, 4) is 0 Å². The zero-order valence-electron chi connectivity index (χ0n) is 9.94. The van der Waals surface area contributed by atoms with E-state index in [0.717, 1.165) is 25.3 Å². The number of aromatic nitrogens is 1. The van der Waals surface area contributed by atoms with Crippen LogP contribution in [-0.4, -0.2) is 12.3 Å². The second-order valence-electron chi connectivity index (χ2n) is 4.12. The van der Waals surface area contributed by atoms with Crippen LogP contribution in [0.2, 0.25) is 0 Å². The minimum atomic E-state index is 0.828. The number of unbranched alkanes of at least 4 members (excludes halogenated alkanes) is 3. The molecule has 2 N–H and O–H groups in total. The Bertz CT molecular complexity index is 272. The zero-order chi connectivity index (χ0) is 11.6. The van der Waals surface area contributed by atoms with Crippen LogP contribution in [0.25, 0.3) is 0 Å². The highest BCUT2D eigenvalue weighted by Crippen LogP contribution is 2.05. The molecule has 0 spiro atoms. The molecule has 0 aromatic carbocycles. The number of nitrogens with two attached hydrogens (primary N) is 1. The standard InChI is InChI=1S/C13H22N2S/c14-8-4-2-1-3-5-13-6-9-15(10-7-13)11-12-16/h6-7,9-10H,1-5,8,11-12,14H2/p+1. The maximum Gasteiger partial charge on any atom is 0.169 e. The Labute approximate surface area is 104 Å². The van der Waals surface area contributed by atoms with Crippen molar-refractivity contribution in [2.45, 2.75) is 38.6 Å². The quantitative estimate of drug-likeness (QED) is 0.405. The minimum Gasteiger partial charge on any atom is -0.330 e. The van der Waals surface area contributed by atoms with Gasteiger partial charge in [-0.3, -0.25) is 0 Å². The first-order chi connectivity index (χ1) is 7.86. The lowest BCUT2D eigenvalue weighted by Crippen LogP contribution is -2.33. The summed E-state index contributed by atoms with van der Waals surface area (Å²) < 4.78 is 2.17. The maximum atomic E-state index is 5.46. The third kappa shape index (κ3) is 5.52. The number of aryl methyl sites for hydroxylation is 2. The highest BCUT2D eigenvalue weighted by atomic mass is 32.1. The van der Waals surface area contributed by atoms with Gasteiger partial charge in [0.2, 0.25) is 0 Å². The van der Waals surface area contributed by atoms with Crippen LogP contribution < -0.4 is 10.3 Å². The van der Waals surface area contributed by atoms with E-state index in [-0.39, 0.29) is 0 Å². The molecule has 0 saturated heterocycles. The SMILES string of the molecule is NCCCCCCc1cc[n+](CCS)cc1. The fourth-order valence-electron chi connectivity index (χ4n) is 1.75. The normalized spacial score (nSPS) is 10.6. The molecule has 0 atom stereocenters. The minimum absolute atomic E-state index is 0.828. The summed E-state index contributed by atoms with van der Waals surface area (Å²) in [6.07, 6.45) is 10.5. The van der Waals surface area contributed by atoms with Crippen molar-refractivity contribution < 1.29 is 4.57 Å². The van der Waals surface area contributed by atoms with Gasteiger partial charge in [0.05, 0.1) is 0 Å². The van der Waals surface area contributed by atoms with Crippen LogP contribution in [0.3, 0.4) is 0 Å². The van der Waals surface area contributed by atoms with Gasteiger partial charge in [-0.05, 0) is 31.4 Å². The van der Waals surface area contributed by atoms with E-state index in [1.54, 1.807) is 0 Å². The molecule has 0 bridgehead atoms. The Morgan fingerprint density at radius 3 is 2.38 bits per heavy atom. The fourth-order valence-corrected chi connectivity index (χ4v) is 1.98. The monoisotopic (exact) mass is 239 g/mol. The molecule has 0 aliphatic rings. The van der Waals surface area contributed by atoms with Gasteiger partial charge in [0.1, 0.15) is 0 Å². The summed E-state index contributed by atoms with van der Waals surface area (Å²) in [5.41, 5.74) is 6.89. The molecule has 0 aliphatic carbocycles. The van der Waals surface area contributed by atoms with Gasteiger partial charge in [0, 0.05) is 17.9 Å². The highest BCUT2D eigenvalue weighted by Gasteiger charge is 1.99. The Morgan fingerprint density at radius 1 is 1.06 bits per heavy atom. The zero-order valence-corrected chi connectivity index (χ0v) is 10.8. The third-order valence-electron chi connectivity index (χ3n) is 2.74. The number of rotatable bonds is 8. The Balaban J connectivity index is 2.21. The van der Waals surface area contributed by atoms with E-state index < -0.39 is 0 Å². The van der Waals surface area contributed by atoms with Gasteiger partial charge in [-0.15, -0.1) is 0 Å². The van der Waals surface area contributed by atoms with Crippen LogP contribution in [-0.2, 0) is 13.0 Å². The number of thiol groups is 1. The predicted octanol–water partition coefficient (Wildman–Crippen LogP) is 1.97. The van der Waals surface area contributed by atoms with E-state index in [9.17, 15) is 0 Å². The molecule has 16 heavy (non-hydrogen) atoms. The van der Waals surface area contributed by atoms with Crippen LogP contribution in [0, 0.1) is 0 Å². The van der Waals surface area contributed by atoms with Crippen molar-refractivity contribution in [1.29, 1.82) is 0 Å². The Hall–Kier alpha value is -0.540. The molecule has 0 aliphatic heterocycles. The summed E-state index contributed by atoms with van der Waals surface area (Å²) in [4.78, 5) is 0.